The summed E-state index contributed by atoms with van der Waals surface area (Å²) in [7, 11) is 1.56. The number of rotatable bonds is 2. The predicted octanol–water partition coefficient (Wildman–Crippen LogP) is 1.40. The molecular weight excluding hydrogens is 168 g/mol. The summed E-state index contributed by atoms with van der Waals surface area (Å²) in [5.74, 6) is 0.693. The second-order valence-electron chi connectivity index (χ2n) is 2.29. The lowest BCUT2D eigenvalue weighted by Gasteiger charge is -1.99. The summed E-state index contributed by atoms with van der Waals surface area (Å²) in [4.78, 5) is 0. The fourth-order valence-corrected chi connectivity index (χ4v) is 0.894. The van der Waals surface area contributed by atoms with E-state index in [2.05, 4.69) is 5.16 Å². The smallest absolute Gasteiger partial charge is 0.186 e. The Balaban J connectivity index is 3.00. The van der Waals surface area contributed by atoms with E-state index in [9.17, 15) is 0 Å². The molecule has 66 valence electrons. The molecule has 0 atom stereocenters. The van der Waals surface area contributed by atoms with Gasteiger partial charge in [0.1, 0.15) is 11.8 Å². The Morgan fingerprint density at radius 2 is 2.08 bits per heavy atom. The van der Waals surface area contributed by atoms with Gasteiger partial charge >= 0.3 is 0 Å². The molecule has 0 bridgehead atoms. The van der Waals surface area contributed by atoms with Crippen LogP contribution < -0.4 is 4.74 Å². The summed E-state index contributed by atoms with van der Waals surface area (Å²) in [5, 5.41) is 19.8. The Hall–Kier alpha value is -2.02. The van der Waals surface area contributed by atoms with Crippen molar-refractivity contribution in [3.8, 4) is 11.8 Å². The molecule has 1 rings (SSSR count). The molecule has 0 spiro atoms. The van der Waals surface area contributed by atoms with Crippen molar-refractivity contribution < 1.29 is 9.94 Å². The van der Waals surface area contributed by atoms with Gasteiger partial charge in [-0.25, -0.2) is 0 Å². The lowest BCUT2D eigenvalue weighted by atomic mass is 10.1. The van der Waals surface area contributed by atoms with E-state index >= 15 is 0 Å². The summed E-state index contributed by atoms with van der Waals surface area (Å²) in [6, 6.07) is 8.45. The molecule has 0 heterocycles. The van der Waals surface area contributed by atoms with E-state index in [4.69, 9.17) is 15.2 Å². The van der Waals surface area contributed by atoms with Crippen molar-refractivity contribution in [1.82, 2.24) is 0 Å². The maximum Gasteiger partial charge on any atom is 0.186 e. The standard InChI is InChI=1S/C9H8N2O2/c1-13-8-4-2-7(3-5-8)9(6-10)11-12/h2-5,12H,1H3/b11-9+. The van der Waals surface area contributed by atoms with Crippen LogP contribution in [0.4, 0.5) is 0 Å². The van der Waals surface area contributed by atoms with E-state index in [1.54, 1.807) is 37.4 Å². The molecular formula is C9H8N2O2. The van der Waals surface area contributed by atoms with Crippen LogP contribution in [-0.4, -0.2) is 18.0 Å². The van der Waals surface area contributed by atoms with Crippen LogP contribution in [0.15, 0.2) is 29.4 Å². The minimum atomic E-state index is -0.0114. The van der Waals surface area contributed by atoms with E-state index in [-0.39, 0.29) is 5.71 Å². The summed E-state index contributed by atoms with van der Waals surface area (Å²) in [5.41, 5.74) is 0.549. The first-order valence-electron chi connectivity index (χ1n) is 3.58. The van der Waals surface area contributed by atoms with Gasteiger partial charge in [0.25, 0.3) is 0 Å². The van der Waals surface area contributed by atoms with Crippen LogP contribution in [-0.2, 0) is 0 Å². The molecule has 0 unspecified atom stereocenters. The largest absolute Gasteiger partial charge is 0.497 e. The van der Waals surface area contributed by atoms with Crippen LogP contribution in [0.5, 0.6) is 5.75 Å². The number of hydrogen-bond acceptors (Lipinski definition) is 4. The molecule has 1 aromatic rings. The Morgan fingerprint density at radius 1 is 1.46 bits per heavy atom. The first kappa shape index (κ1) is 9.07. The summed E-state index contributed by atoms with van der Waals surface area (Å²) < 4.78 is 4.93. The minimum Gasteiger partial charge on any atom is -0.497 e. The average molecular weight is 176 g/mol. The molecule has 4 heteroatoms. The molecule has 0 aliphatic rings. The highest BCUT2D eigenvalue weighted by molar-refractivity contribution is 6.11. The first-order valence-corrected chi connectivity index (χ1v) is 3.58. The molecule has 0 fully saturated rings. The van der Waals surface area contributed by atoms with Crippen molar-refractivity contribution in [3.05, 3.63) is 29.8 Å². The number of nitriles is 1. The van der Waals surface area contributed by atoms with E-state index in [1.807, 2.05) is 0 Å². The topological polar surface area (TPSA) is 65.6 Å². The van der Waals surface area contributed by atoms with Crippen LogP contribution in [0.2, 0.25) is 0 Å². The van der Waals surface area contributed by atoms with Gasteiger partial charge in [0.2, 0.25) is 0 Å². The third kappa shape index (κ3) is 1.97. The van der Waals surface area contributed by atoms with Crippen LogP contribution in [0.25, 0.3) is 0 Å². The molecule has 0 aromatic heterocycles. The lowest BCUT2D eigenvalue weighted by Crippen LogP contribution is -1.96. The van der Waals surface area contributed by atoms with Crippen LogP contribution in [0, 0.1) is 11.3 Å². The molecule has 13 heavy (non-hydrogen) atoms. The maximum absolute atomic E-state index is 8.53. The summed E-state index contributed by atoms with van der Waals surface area (Å²) in [6.45, 7) is 0. The number of oxime groups is 1. The maximum atomic E-state index is 8.53. The Bertz CT molecular complexity index is 349. The van der Waals surface area contributed by atoms with Gasteiger partial charge in [-0.05, 0) is 24.3 Å². The van der Waals surface area contributed by atoms with Crippen LogP contribution >= 0.6 is 0 Å². The van der Waals surface area contributed by atoms with Crippen LogP contribution in [0.1, 0.15) is 5.56 Å². The third-order valence-electron chi connectivity index (χ3n) is 1.57. The van der Waals surface area contributed by atoms with E-state index in [0.717, 1.165) is 0 Å². The minimum absolute atomic E-state index is 0.0114. The quantitative estimate of drug-likeness (QED) is 0.420. The van der Waals surface area contributed by atoms with Gasteiger partial charge in [0.05, 0.1) is 7.11 Å². The fourth-order valence-electron chi connectivity index (χ4n) is 0.894. The van der Waals surface area contributed by atoms with Gasteiger partial charge < -0.3 is 9.94 Å². The number of ether oxygens (including phenoxy) is 1. The van der Waals surface area contributed by atoms with Gasteiger partial charge in [-0.15, -0.1) is 0 Å². The lowest BCUT2D eigenvalue weighted by molar-refractivity contribution is 0.320. The SMILES string of the molecule is COc1ccc(/C(C#N)=N/O)cc1. The third-order valence-corrected chi connectivity index (χ3v) is 1.57. The van der Waals surface area contributed by atoms with E-state index in [1.165, 1.54) is 0 Å². The van der Waals surface area contributed by atoms with E-state index in [0.29, 0.717) is 11.3 Å². The average Bonchev–Trinajstić information content (AvgIpc) is 2.21. The zero-order valence-electron chi connectivity index (χ0n) is 7.06. The van der Waals surface area contributed by atoms with Gasteiger partial charge in [-0.3, -0.25) is 0 Å². The van der Waals surface area contributed by atoms with Crippen molar-refractivity contribution >= 4 is 5.71 Å². The Kier molecular flexibility index (Phi) is 2.87. The van der Waals surface area contributed by atoms with Crippen LogP contribution in [0.3, 0.4) is 0 Å². The molecule has 4 nitrogen and oxygen atoms in total. The van der Waals surface area contributed by atoms with Gasteiger partial charge in [0.15, 0.2) is 5.71 Å². The van der Waals surface area contributed by atoms with Crippen molar-refractivity contribution in [3.63, 3.8) is 0 Å². The number of nitrogens with zero attached hydrogens (tertiary/aromatic N) is 2. The van der Waals surface area contributed by atoms with Crippen molar-refractivity contribution in [1.29, 1.82) is 5.26 Å². The molecule has 0 saturated carbocycles. The fraction of sp³-hybridized carbons (Fsp3) is 0.111. The normalized spacial score (nSPS) is 10.6. The van der Waals surface area contributed by atoms with Gasteiger partial charge in [0, 0.05) is 5.56 Å². The second-order valence-corrected chi connectivity index (χ2v) is 2.29. The molecule has 0 aliphatic carbocycles. The van der Waals surface area contributed by atoms with Crippen molar-refractivity contribution in [2.24, 2.45) is 5.16 Å². The highest BCUT2D eigenvalue weighted by Gasteiger charge is 2.01. The highest BCUT2D eigenvalue weighted by Crippen LogP contribution is 2.11. The Morgan fingerprint density at radius 3 is 2.46 bits per heavy atom. The number of benzene rings is 1. The van der Waals surface area contributed by atoms with Crippen molar-refractivity contribution in [2.75, 3.05) is 7.11 Å². The molecule has 0 amide bonds. The molecule has 0 saturated heterocycles. The molecule has 0 radical (unpaired) electrons. The van der Waals surface area contributed by atoms with E-state index < -0.39 is 0 Å². The molecule has 1 aromatic carbocycles. The highest BCUT2D eigenvalue weighted by atomic mass is 16.5. The Labute approximate surface area is 75.7 Å². The molecule has 1 N–H and O–H groups in total. The monoisotopic (exact) mass is 176 g/mol. The number of hydrogen-bond donors (Lipinski definition) is 1. The van der Waals surface area contributed by atoms with Gasteiger partial charge in [-0.1, -0.05) is 5.16 Å². The summed E-state index contributed by atoms with van der Waals surface area (Å²) in [6.07, 6.45) is 0. The number of methoxy groups -OCH3 is 1. The summed E-state index contributed by atoms with van der Waals surface area (Å²) >= 11 is 0. The van der Waals surface area contributed by atoms with Crippen molar-refractivity contribution in [2.45, 2.75) is 0 Å². The van der Waals surface area contributed by atoms with Gasteiger partial charge in [-0.2, -0.15) is 5.26 Å². The molecule has 0 aliphatic heterocycles. The second kappa shape index (κ2) is 4.12. The first-order chi connectivity index (χ1) is 6.31. The zero-order chi connectivity index (χ0) is 9.68. The zero-order valence-corrected chi connectivity index (χ0v) is 7.06. The predicted molar refractivity (Wildman–Crippen MR) is 46.9 cm³/mol.